The summed E-state index contributed by atoms with van der Waals surface area (Å²) in [5.41, 5.74) is 0.605. The lowest BCUT2D eigenvalue weighted by atomic mass is 10.2. The molecule has 1 aromatic heterocycles. The quantitative estimate of drug-likeness (QED) is 0.514. The highest BCUT2D eigenvalue weighted by Gasteiger charge is 2.28. The van der Waals surface area contributed by atoms with Crippen molar-refractivity contribution in [2.45, 2.75) is 25.3 Å². The zero-order valence-electron chi connectivity index (χ0n) is 16.6. The second kappa shape index (κ2) is 9.21. The van der Waals surface area contributed by atoms with Crippen molar-refractivity contribution in [3.05, 3.63) is 84.2 Å². The molecule has 1 heterocycles. The Balaban J connectivity index is 1.86. The van der Waals surface area contributed by atoms with Gasteiger partial charge in [0.1, 0.15) is 24.0 Å². The predicted molar refractivity (Wildman–Crippen MR) is 111 cm³/mol. The molecule has 5 nitrogen and oxygen atoms in total. The first-order chi connectivity index (χ1) is 14.3. The number of benzene rings is 2. The zero-order valence-corrected chi connectivity index (χ0v) is 17.4. The molecule has 0 bridgehead atoms. The first kappa shape index (κ1) is 21.7. The molecule has 0 aliphatic carbocycles. The van der Waals surface area contributed by atoms with E-state index in [1.165, 1.54) is 24.3 Å². The summed E-state index contributed by atoms with van der Waals surface area (Å²) in [5.74, 6) is -1.14. The van der Waals surface area contributed by atoms with E-state index in [0.29, 0.717) is 12.4 Å². The lowest BCUT2D eigenvalue weighted by Crippen LogP contribution is -2.35. The van der Waals surface area contributed by atoms with Crippen molar-refractivity contribution >= 4 is 15.7 Å². The van der Waals surface area contributed by atoms with Gasteiger partial charge in [-0.25, -0.2) is 17.2 Å². The summed E-state index contributed by atoms with van der Waals surface area (Å²) < 4.78 is 61.0. The molecule has 0 saturated heterocycles. The standard InChI is InChI=1S/C22H22F2N2O3S/c1-16(2)14-26(22-13-18(23)3-8-21(22)24)30(27,28)20-6-4-19(5-7-20)29-15-17-9-11-25-12-10-17/h3-13,16H,14-15H2,1-2H3. The molecule has 0 amide bonds. The van der Waals surface area contributed by atoms with Crippen molar-refractivity contribution in [1.29, 1.82) is 0 Å². The molecule has 0 spiro atoms. The van der Waals surface area contributed by atoms with Gasteiger partial charge in [0.05, 0.1) is 10.6 Å². The minimum Gasteiger partial charge on any atom is -0.489 e. The predicted octanol–water partition coefficient (Wildman–Crippen LogP) is 4.79. The second-order valence-corrected chi connectivity index (χ2v) is 9.00. The molecule has 0 saturated carbocycles. The van der Waals surface area contributed by atoms with Crippen LogP contribution in [-0.2, 0) is 16.6 Å². The van der Waals surface area contributed by atoms with Crippen LogP contribution in [0.4, 0.5) is 14.5 Å². The second-order valence-electron chi connectivity index (χ2n) is 7.14. The molecular weight excluding hydrogens is 410 g/mol. The Labute approximate surface area is 175 Å². The van der Waals surface area contributed by atoms with Gasteiger partial charge >= 0.3 is 0 Å². The van der Waals surface area contributed by atoms with E-state index >= 15 is 0 Å². The molecule has 0 aliphatic heterocycles. The van der Waals surface area contributed by atoms with Gasteiger partial charge in [0, 0.05) is 25.0 Å². The normalized spacial score (nSPS) is 11.5. The number of rotatable bonds is 8. The Morgan fingerprint density at radius 3 is 2.30 bits per heavy atom. The highest BCUT2D eigenvalue weighted by molar-refractivity contribution is 7.92. The van der Waals surface area contributed by atoms with E-state index in [9.17, 15) is 17.2 Å². The summed E-state index contributed by atoms with van der Waals surface area (Å²) in [6.45, 7) is 3.91. The van der Waals surface area contributed by atoms with Gasteiger partial charge in [-0.2, -0.15) is 0 Å². The van der Waals surface area contributed by atoms with Crippen LogP contribution < -0.4 is 9.04 Å². The third-order valence-electron chi connectivity index (χ3n) is 4.27. The van der Waals surface area contributed by atoms with Crippen LogP contribution in [0.5, 0.6) is 5.75 Å². The van der Waals surface area contributed by atoms with Gasteiger partial charge in [-0.05, 0) is 60.0 Å². The Morgan fingerprint density at radius 1 is 1.00 bits per heavy atom. The molecule has 8 heteroatoms. The number of hydrogen-bond acceptors (Lipinski definition) is 4. The monoisotopic (exact) mass is 432 g/mol. The third-order valence-corrected chi connectivity index (χ3v) is 6.07. The summed E-state index contributed by atoms with van der Waals surface area (Å²) in [6, 6.07) is 12.2. The Bertz CT molecular complexity index is 1090. The molecule has 3 aromatic rings. The van der Waals surface area contributed by atoms with Crippen molar-refractivity contribution in [3.63, 3.8) is 0 Å². The van der Waals surface area contributed by atoms with Gasteiger partial charge in [-0.1, -0.05) is 13.8 Å². The van der Waals surface area contributed by atoms with Gasteiger partial charge in [-0.3, -0.25) is 9.29 Å². The maximum atomic E-state index is 14.3. The number of halogens is 2. The molecule has 0 N–H and O–H groups in total. The van der Waals surface area contributed by atoms with Gasteiger partial charge in [0.2, 0.25) is 0 Å². The molecule has 158 valence electrons. The van der Waals surface area contributed by atoms with E-state index in [-0.39, 0.29) is 23.0 Å². The summed E-state index contributed by atoms with van der Waals surface area (Å²) in [4.78, 5) is 3.90. The highest BCUT2D eigenvalue weighted by Crippen LogP contribution is 2.29. The smallest absolute Gasteiger partial charge is 0.264 e. The first-order valence-corrected chi connectivity index (χ1v) is 10.8. The van der Waals surface area contributed by atoms with Crippen molar-refractivity contribution in [3.8, 4) is 5.75 Å². The van der Waals surface area contributed by atoms with Crippen LogP contribution >= 0.6 is 0 Å². The zero-order chi connectivity index (χ0) is 21.7. The molecule has 0 unspecified atom stereocenters. The number of anilines is 1. The molecule has 30 heavy (non-hydrogen) atoms. The van der Waals surface area contributed by atoms with Crippen molar-refractivity contribution in [1.82, 2.24) is 4.98 Å². The van der Waals surface area contributed by atoms with Crippen LogP contribution in [0.2, 0.25) is 0 Å². The summed E-state index contributed by atoms with van der Waals surface area (Å²) in [6.07, 6.45) is 3.31. The summed E-state index contributed by atoms with van der Waals surface area (Å²) in [5, 5.41) is 0. The van der Waals surface area contributed by atoms with E-state index in [0.717, 1.165) is 28.1 Å². The fraction of sp³-hybridized carbons (Fsp3) is 0.227. The van der Waals surface area contributed by atoms with E-state index in [4.69, 9.17) is 4.74 Å². The number of pyridine rings is 1. The third kappa shape index (κ3) is 5.13. The maximum Gasteiger partial charge on any atom is 0.264 e. The SMILES string of the molecule is CC(C)CN(c1cc(F)ccc1F)S(=O)(=O)c1ccc(OCc2ccncc2)cc1. The van der Waals surface area contributed by atoms with Crippen molar-refractivity contribution in [2.75, 3.05) is 10.8 Å². The number of nitrogens with zero attached hydrogens (tertiary/aromatic N) is 2. The number of ether oxygens (including phenoxy) is 1. The van der Waals surface area contributed by atoms with Crippen LogP contribution in [0, 0.1) is 17.6 Å². The number of aromatic nitrogens is 1. The van der Waals surface area contributed by atoms with Gasteiger partial charge < -0.3 is 4.74 Å². The molecule has 3 rings (SSSR count). The van der Waals surface area contributed by atoms with Crippen LogP contribution in [0.25, 0.3) is 0 Å². The molecule has 0 radical (unpaired) electrons. The van der Waals surface area contributed by atoms with E-state index in [2.05, 4.69) is 4.98 Å². The fourth-order valence-electron chi connectivity index (χ4n) is 2.82. The minimum absolute atomic E-state index is 0.00298. The molecule has 0 fully saturated rings. The van der Waals surface area contributed by atoms with Crippen molar-refractivity contribution < 1.29 is 21.9 Å². The van der Waals surface area contributed by atoms with Crippen LogP contribution in [0.1, 0.15) is 19.4 Å². The fourth-order valence-corrected chi connectivity index (χ4v) is 4.44. The lowest BCUT2D eigenvalue weighted by Gasteiger charge is -2.26. The van der Waals surface area contributed by atoms with E-state index in [1.807, 2.05) is 12.1 Å². The highest BCUT2D eigenvalue weighted by atomic mass is 32.2. The number of sulfonamides is 1. The van der Waals surface area contributed by atoms with E-state index in [1.54, 1.807) is 26.2 Å². The largest absolute Gasteiger partial charge is 0.489 e. The van der Waals surface area contributed by atoms with Crippen LogP contribution in [0.15, 0.2) is 71.9 Å². The van der Waals surface area contributed by atoms with Gasteiger partial charge in [0.25, 0.3) is 10.0 Å². The molecule has 0 aliphatic rings. The van der Waals surface area contributed by atoms with Crippen molar-refractivity contribution in [2.24, 2.45) is 5.92 Å². The Morgan fingerprint density at radius 2 is 1.67 bits per heavy atom. The molecule has 2 aromatic carbocycles. The molecule has 0 atom stereocenters. The number of hydrogen-bond donors (Lipinski definition) is 0. The van der Waals surface area contributed by atoms with Gasteiger partial charge in [-0.15, -0.1) is 0 Å². The summed E-state index contributed by atoms with van der Waals surface area (Å²) in [7, 11) is -4.11. The Hall–Kier alpha value is -3.00. The Kier molecular flexibility index (Phi) is 6.66. The van der Waals surface area contributed by atoms with E-state index < -0.39 is 21.7 Å². The average Bonchev–Trinajstić information content (AvgIpc) is 2.73. The topological polar surface area (TPSA) is 59.5 Å². The lowest BCUT2D eigenvalue weighted by molar-refractivity contribution is 0.306. The average molecular weight is 432 g/mol. The maximum absolute atomic E-state index is 14.3. The first-order valence-electron chi connectivity index (χ1n) is 9.37. The van der Waals surface area contributed by atoms with Crippen LogP contribution in [0.3, 0.4) is 0 Å². The summed E-state index contributed by atoms with van der Waals surface area (Å²) >= 11 is 0. The minimum atomic E-state index is -4.11. The van der Waals surface area contributed by atoms with Gasteiger partial charge in [0.15, 0.2) is 0 Å². The van der Waals surface area contributed by atoms with Crippen LogP contribution in [-0.4, -0.2) is 19.9 Å². The molecular formula is C22H22F2N2O3S.